The molecule has 0 aromatic heterocycles. The second-order valence-electron chi connectivity index (χ2n) is 6.91. The molecule has 0 fully saturated rings. The number of benzene rings is 4. The van der Waals surface area contributed by atoms with E-state index in [0.29, 0.717) is 11.1 Å². The molecule has 0 saturated carbocycles. The molecule has 0 radical (unpaired) electrons. The van der Waals surface area contributed by atoms with Gasteiger partial charge < -0.3 is 9.66 Å². The van der Waals surface area contributed by atoms with Gasteiger partial charge in [-0.15, -0.1) is 10.2 Å². The number of phenolic OH excluding ortho intramolecular Hbond substituents is 1. The molecule has 1 unspecified atom stereocenters. The van der Waals surface area contributed by atoms with Gasteiger partial charge in [0.2, 0.25) is 0 Å². The molecule has 2 N–H and O–H groups in total. The highest BCUT2D eigenvalue weighted by Crippen LogP contribution is 2.37. The third-order valence-electron chi connectivity index (χ3n) is 4.67. The first kappa shape index (κ1) is 23.3. The van der Waals surface area contributed by atoms with Crippen molar-refractivity contribution in [1.82, 2.24) is 0 Å². The summed E-state index contributed by atoms with van der Waals surface area (Å²) in [6.07, 6.45) is 0. The van der Waals surface area contributed by atoms with E-state index in [1.165, 1.54) is 42.5 Å². The fourth-order valence-corrected chi connectivity index (χ4v) is 4.05. The topological polar surface area (TPSA) is 164 Å². The summed E-state index contributed by atoms with van der Waals surface area (Å²) in [7, 11) is -4.70. The van der Waals surface area contributed by atoms with E-state index in [-0.39, 0.29) is 27.7 Å². The Morgan fingerprint density at radius 2 is 1.47 bits per heavy atom. The van der Waals surface area contributed by atoms with Crippen molar-refractivity contribution in [3.8, 4) is 5.75 Å². The van der Waals surface area contributed by atoms with Crippen LogP contribution in [0.1, 0.15) is 0 Å². The lowest BCUT2D eigenvalue weighted by Crippen LogP contribution is -1.98. The molecule has 4 aromatic carbocycles. The lowest BCUT2D eigenvalue weighted by molar-refractivity contribution is 0.477. The Morgan fingerprint density at radius 1 is 0.794 bits per heavy atom. The van der Waals surface area contributed by atoms with Crippen molar-refractivity contribution in [3.05, 3.63) is 78.9 Å². The summed E-state index contributed by atoms with van der Waals surface area (Å²) >= 11 is -2.37. The molecule has 4 aromatic rings. The maximum atomic E-state index is 11.9. The summed E-state index contributed by atoms with van der Waals surface area (Å²) in [5, 5.41) is 27.4. The van der Waals surface area contributed by atoms with Gasteiger partial charge in [-0.05, 0) is 65.0 Å². The molecule has 0 spiro atoms. The summed E-state index contributed by atoms with van der Waals surface area (Å²) in [5.74, 6) is -0.145. The molecule has 4 rings (SSSR count). The van der Waals surface area contributed by atoms with Crippen molar-refractivity contribution in [1.29, 1.82) is 0 Å². The maximum absolute atomic E-state index is 11.9. The predicted octanol–water partition coefficient (Wildman–Crippen LogP) is 5.86. The first-order valence-electron chi connectivity index (χ1n) is 9.57. The van der Waals surface area contributed by atoms with Crippen molar-refractivity contribution in [2.24, 2.45) is 20.5 Å². The summed E-state index contributed by atoms with van der Waals surface area (Å²) in [5.41, 5.74) is 0.399. The number of rotatable bonds is 6. The van der Waals surface area contributed by atoms with Crippen LogP contribution in [-0.4, -0.2) is 26.8 Å². The third-order valence-corrected chi connectivity index (χ3v) is 6.21. The zero-order chi connectivity index (χ0) is 24.3. The van der Waals surface area contributed by atoms with Crippen molar-refractivity contribution in [2.45, 2.75) is 9.79 Å². The third kappa shape index (κ3) is 5.21. The van der Waals surface area contributed by atoms with Crippen LogP contribution in [0.25, 0.3) is 10.8 Å². The monoisotopic (exact) mass is 495 g/mol. The van der Waals surface area contributed by atoms with Crippen molar-refractivity contribution >= 4 is 54.7 Å². The van der Waals surface area contributed by atoms with E-state index >= 15 is 0 Å². The SMILES string of the molecule is O=S([O-])c1ccc(N=Nc2ccc(N=Nc3c(O)ccc4ccccc34)c(S(=O)(=O)O)c2)cc1. The molecule has 10 nitrogen and oxygen atoms in total. The van der Waals surface area contributed by atoms with Crippen LogP contribution in [0.5, 0.6) is 5.75 Å². The predicted molar refractivity (Wildman–Crippen MR) is 124 cm³/mol. The molecule has 0 aliphatic carbocycles. The first-order chi connectivity index (χ1) is 16.2. The number of phenols is 1. The minimum atomic E-state index is -4.70. The molecule has 0 heterocycles. The molecule has 0 bridgehead atoms. The van der Waals surface area contributed by atoms with Crippen LogP contribution in [0.4, 0.5) is 22.7 Å². The number of azo groups is 2. The molecule has 1 atom stereocenters. The van der Waals surface area contributed by atoms with E-state index < -0.39 is 26.1 Å². The second kappa shape index (κ2) is 9.57. The van der Waals surface area contributed by atoms with Gasteiger partial charge in [0, 0.05) is 10.3 Å². The molecular weight excluding hydrogens is 480 g/mol. The Hall–Kier alpha value is -3.84. The number of nitrogens with zero attached hydrogens (tertiary/aromatic N) is 4. The van der Waals surface area contributed by atoms with Gasteiger partial charge in [0.05, 0.1) is 11.4 Å². The Kier molecular flexibility index (Phi) is 6.56. The Morgan fingerprint density at radius 3 is 2.18 bits per heavy atom. The van der Waals surface area contributed by atoms with Gasteiger partial charge in [-0.3, -0.25) is 8.76 Å². The molecule has 0 saturated heterocycles. The minimum Gasteiger partial charge on any atom is -0.768 e. The quantitative estimate of drug-likeness (QED) is 0.193. The Labute approximate surface area is 196 Å². The largest absolute Gasteiger partial charge is 0.768 e. The van der Waals surface area contributed by atoms with Crippen molar-refractivity contribution < 1.29 is 26.8 Å². The maximum Gasteiger partial charge on any atom is 0.296 e. The fraction of sp³-hybridized carbons (Fsp3) is 0. The van der Waals surface area contributed by atoms with Crippen molar-refractivity contribution in [3.63, 3.8) is 0 Å². The normalized spacial score (nSPS) is 13.1. The van der Waals surface area contributed by atoms with Crippen LogP contribution in [-0.2, 0) is 21.2 Å². The van der Waals surface area contributed by atoms with Crippen LogP contribution in [0, 0.1) is 0 Å². The summed E-state index contributed by atoms with van der Waals surface area (Å²) in [4.78, 5) is -0.468. The highest BCUT2D eigenvalue weighted by atomic mass is 32.2. The number of aromatic hydroxyl groups is 1. The van der Waals surface area contributed by atoms with E-state index in [9.17, 15) is 26.8 Å². The van der Waals surface area contributed by atoms with Crippen LogP contribution in [0.15, 0.2) is 109 Å². The van der Waals surface area contributed by atoms with Crippen LogP contribution in [0.2, 0.25) is 0 Å². The zero-order valence-corrected chi connectivity index (χ0v) is 18.8. The fourth-order valence-electron chi connectivity index (χ4n) is 3.05. The van der Waals surface area contributed by atoms with E-state index in [4.69, 9.17) is 0 Å². The number of hydrogen-bond acceptors (Lipinski definition) is 9. The van der Waals surface area contributed by atoms with E-state index in [1.807, 2.05) is 12.1 Å². The second-order valence-corrected chi connectivity index (χ2v) is 9.24. The lowest BCUT2D eigenvalue weighted by Gasteiger charge is -2.05. The van der Waals surface area contributed by atoms with Crippen LogP contribution >= 0.6 is 0 Å². The molecule has 0 aliphatic rings. The average Bonchev–Trinajstić information content (AvgIpc) is 2.82. The van der Waals surface area contributed by atoms with E-state index in [1.54, 1.807) is 18.2 Å². The van der Waals surface area contributed by atoms with E-state index in [0.717, 1.165) is 11.5 Å². The summed E-state index contributed by atoms with van der Waals surface area (Å²) < 4.78 is 55.4. The summed E-state index contributed by atoms with van der Waals surface area (Å²) in [6.45, 7) is 0. The van der Waals surface area contributed by atoms with Crippen LogP contribution in [0.3, 0.4) is 0 Å². The number of hydrogen-bond donors (Lipinski definition) is 2. The Balaban J connectivity index is 1.69. The zero-order valence-electron chi connectivity index (χ0n) is 17.1. The molecule has 0 aliphatic heterocycles. The molecular formula is C22H15N4O6S2-. The smallest absolute Gasteiger partial charge is 0.296 e. The number of fused-ring (bicyclic) bond motifs is 1. The van der Waals surface area contributed by atoms with Crippen LogP contribution < -0.4 is 0 Å². The lowest BCUT2D eigenvalue weighted by atomic mass is 10.1. The standard InChI is InChI=1S/C22H16N4O6S2/c27-20-12-5-14-3-1-2-4-18(14)22(20)26-25-19-11-8-16(13-21(19)34(30,31)32)24-23-15-6-9-17(10-7-15)33(28)29/h1-13,27H,(H,28,29)(H,30,31,32)/p-1. The highest BCUT2D eigenvalue weighted by Gasteiger charge is 2.17. The van der Waals surface area contributed by atoms with E-state index in [2.05, 4.69) is 20.5 Å². The first-order valence-corrected chi connectivity index (χ1v) is 12.1. The van der Waals surface area contributed by atoms with Gasteiger partial charge in [-0.1, -0.05) is 30.3 Å². The highest BCUT2D eigenvalue weighted by molar-refractivity contribution is 7.86. The van der Waals surface area contributed by atoms with Gasteiger partial charge in [-0.2, -0.15) is 18.6 Å². The van der Waals surface area contributed by atoms with Gasteiger partial charge in [0.1, 0.15) is 22.0 Å². The van der Waals surface area contributed by atoms with Gasteiger partial charge >= 0.3 is 0 Å². The van der Waals surface area contributed by atoms with Gasteiger partial charge in [0.25, 0.3) is 10.1 Å². The average molecular weight is 496 g/mol. The molecule has 172 valence electrons. The molecule has 12 heteroatoms. The minimum absolute atomic E-state index is 0.0829. The summed E-state index contributed by atoms with van der Waals surface area (Å²) in [6, 6.07) is 19.6. The molecule has 34 heavy (non-hydrogen) atoms. The van der Waals surface area contributed by atoms with Gasteiger partial charge in [0.15, 0.2) is 0 Å². The molecule has 0 amide bonds. The van der Waals surface area contributed by atoms with Gasteiger partial charge in [-0.25, -0.2) is 0 Å². The van der Waals surface area contributed by atoms with Crippen molar-refractivity contribution in [2.75, 3.05) is 0 Å². The Bertz CT molecular complexity index is 1570.